The average Bonchev–Trinajstić information content (AvgIpc) is 1.40. The third-order valence-electron chi connectivity index (χ3n) is 21.7. The maximum atomic E-state index is 15.5. The Morgan fingerprint density at radius 3 is 1.42 bits per heavy atom. The number of aliphatic hydroxyl groups is 18. The van der Waals surface area contributed by atoms with Crippen LogP contribution in [0.4, 0.5) is 0 Å². The molecule has 6 heterocycles. The number of rotatable bonds is 17. The molecule has 506 valence electrons. The molecule has 10 aliphatic rings. The summed E-state index contributed by atoms with van der Waals surface area (Å²) in [6, 6.07) is 0. The second-order valence-corrected chi connectivity index (χ2v) is 26.8. The summed E-state index contributed by atoms with van der Waals surface area (Å²) in [6.45, 7) is 7.53. The molecule has 2 bridgehead atoms. The molecule has 6 aliphatic heterocycles. The first-order chi connectivity index (χ1) is 41.6. The van der Waals surface area contributed by atoms with Gasteiger partial charge in [0.15, 0.2) is 37.6 Å². The molecule has 0 radical (unpaired) electrons. The number of carbonyl (C=O) groups is 1. The van der Waals surface area contributed by atoms with Gasteiger partial charge < -0.3 is 149 Å². The van der Waals surface area contributed by atoms with Gasteiger partial charge in [-0.2, -0.15) is 0 Å². The Balaban J connectivity index is 0.909. The van der Waals surface area contributed by atoms with Crippen LogP contribution in [-0.4, -0.2) is 315 Å². The fourth-order valence-corrected chi connectivity index (χ4v) is 16.6. The first-order valence-corrected chi connectivity index (χ1v) is 30.6. The fraction of sp³-hybridized carbons (Fsp3) is 0.947. The lowest BCUT2D eigenvalue weighted by molar-refractivity contribution is -0.393. The van der Waals surface area contributed by atoms with Gasteiger partial charge in [0.1, 0.15) is 122 Å². The molecular weight excluding hydrogens is 1180 g/mol. The van der Waals surface area contributed by atoms with Gasteiger partial charge >= 0.3 is 5.97 Å². The van der Waals surface area contributed by atoms with Crippen LogP contribution >= 0.6 is 0 Å². The second kappa shape index (κ2) is 26.7. The maximum Gasteiger partial charge on any atom is 0.314 e. The molecule has 10 fully saturated rings. The van der Waals surface area contributed by atoms with Crippen LogP contribution in [0.15, 0.2) is 12.2 Å². The van der Waals surface area contributed by atoms with Crippen LogP contribution in [0.3, 0.4) is 0 Å². The molecule has 10 rings (SSSR count). The SMILES string of the molecule is C=C1C[C@@]23CC[C@H]4[C@@](C)(CCC[C@@]4(C)C(=O)OC4OC(CO)C(O)C(OC5OC(CO)C(O)C(O)C5O)C4OC4OC(C)C(C)C(OC5OC(CO)C(O)C(O)C5O)C4O)[C@@H]2CCC1(OC1OC(CO)C(O)C(O)C1OC1OC(CO)C(O)C(O)C1O)C3. The Bertz CT molecular complexity index is 2380. The molecule has 0 aromatic heterocycles. The summed E-state index contributed by atoms with van der Waals surface area (Å²) in [6.07, 6.45) is -45.6. The summed E-state index contributed by atoms with van der Waals surface area (Å²) >= 11 is 0. The number of carbonyl (C=O) groups excluding carboxylic acids is 1. The molecule has 36 atom stereocenters. The molecule has 88 heavy (non-hydrogen) atoms. The van der Waals surface area contributed by atoms with E-state index in [0.717, 1.165) is 0 Å². The highest BCUT2D eigenvalue weighted by atomic mass is 16.8. The molecule has 0 amide bonds. The first-order valence-electron chi connectivity index (χ1n) is 30.6. The van der Waals surface area contributed by atoms with Crippen molar-refractivity contribution in [1.29, 1.82) is 0 Å². The van der Waals surface area contributed by atoms with Crippen molar-refractivity contribution in [3.8, 4) is 0 Å². The topological polar surface area (TPSA) is 492 Å². The van der Waals surface area contributed by atoms with E-state index < -0.39 is 245 Å². The third-order valence-corrected chi connectivity index (χ3v) is 21.7. The van der Waals surface area contributed by atoms with Crippen LogP contribution in [0.1, 0.15) is 85.5 Å². The lowest BCUT2D eigenvalue weighted by Gasteiger charge is -2.64. The molecule has 0 aromatic carbocycles. The summed E-state index contributed by atoms with van der Waals surface area (Å²) in [5, 5.41) is 194. The van der Waals surface area contributed by atoms with Gasteiger partial charge in [0.25, 0.3) is 0 Å². The van der Waals surface area contributed by atoms with Crippen LogP contribution in [-0.2, 0) is 61.6 Å². The zero-order valence-corrected chi connectivity index (χ0v) is 49.4. The van der Waals surface area contributed by atoms with Crippen molar-refractivity contribution >= 4 is 5.97 Å². The highest BCUT2D eigenvalue weighted by Crippen LogP contribution is 2.74. The van der Waals surface area contributed by atoms with E-state index in [2.05, 4.69) is 13.5 Å². The van der Waals surface area contributed by atoms with Gasteiger partial charge in [-0.3, -0.25) is 4.79 Å². The minimum Gasteiger partial charge on any atom is -0.432 e. The molecular formula is C57H92O31. The van der Waals surface area contributed by atoms with E-state index in [4.69, 9.17) is 56.8 Å². The third kappa shape index (κ3) is 12.0. The van der Waals surface area contributed by atoms with Crippen LogP contribution in [0.5, 0.6) is 0 Å². The Kier molecular flexibility index (Phi) is 20.9. The standard InChI is InChI=1S/C57H92O31/c1-20-13-56-11-7-28-54(4,29(56)8-12-57(20,19-56)88-52-45(38(71)33(66)26(17-61)82-52)85-49-41(74)37(70)32(65)25(16-60)80-49)9-6-10-55(28,5)53(76)87-51-46(44(34(67)27(18-62)81-51)84-48-40(73)36(69)31(64)24(15-59)79-48)86-50-42(75)43(21(2)22(3)77-50)83-47-39(72)35(68)30(63)23(14-58)78-47/h21-52,58-75H,1,6-19H2,2-5H3/t21?,22?,23?,24?,25?,26?,27?,28-,29-,30?,31?,32?,33?,34?,35?,36?,37?,38?,39?,40?,41?,42?,43?,44?,45?,46?,47?,48?,49?,50?,51?,52?,54+,55+,56+,57?/m0/s1. The predicted octanol–water partition coefficient (Wildman–Crippen LogP) is -7.16. The smallest absolute Gasteiger partial charge is 0.314 e. The molecule has 31 heteroatoms. The first kappa shape index (κ1) is 68.9. The maximum absolute atomic E-state index is 15.5. The number of fused-ring (bicyclic) bond motifs is 3. The minimum atomic E-state index is -2.05. The van der Waals surface area contributed by atoms with Crippen LogP contribution in [0.25, 0.3) is 0 Å². The van der Waals surface area contributed by atoms with Crippen molar-refractivity contribution in [2.75, 3.05) is 33.0 Å². The predicted molar refractivity (Wildman–Crippen MR) is 286 cm³/mol. The normalized spacial score (nSPS) is 55.0. The Labute approximate surface area is 506 Å². The monoisotopic (exact) mass is 1270 g/mol. The lowest BCUT2D eigenvalue weighted by atomic mass is 9.41. The zero-order chi connectivity index (χ0) is 64.0. The van der Waals surface area contributed by atoms with Crippen LogP contribution < -0.4 is 0 Å². The Morgan fingerprint density at radius 2 is 0.898 bits per heavy atom. The molecule has 31 nitrogen and oxygen atoms in total. The summed E-state index contributed by atoms with van der Waals surface area (Å²) in [5.41, 5.74) is -2.80. The second-order valence-electron chi connectivity index (χ2n) is 26.8. The largest absolute Gasteiger partial charge is 0.432 e. The summed E-state index contributed by atoms with van der Waals surface area (Å²) < 4.78 is 73.4. The van der Waals surface area contributed by atoms with Crippen LogP contribution in [0, 0.1) is 34.0 Å². The Morgan fingerprint density at radius 1 is 0.466 bits per heavy atom. The van der Waals surface area contributed by atoms with Gasteiger partial charge in [-0.15, -0.1) is 0 Å². The Hall–Kier alpha value is -1.95. The zero-order valence-electron chi connectivity index (χ0n) is 49.4. The van der Waals surface area contributed by atoms with E-state index in [1.807, 2.05) is 0 Å². The van der Waals surface area contributed by atoms with E-state index >= 15 is 4.79 Å². The number of ether oxygens (including phenoxy) is 12. The van der Waals surface area contributed by atoms with Crippen molar-refractivity contribution < 1.29 is 154 Å². The van der Waals surface area contributed by atoms with E-state index in [-0.39, 0.29) is 11.8 Å². The molecule has 6 saturated heterocycles. The highest BCUT2D eigenvalue weighted by molar-refractivity contribution is 5.77. The molecule has 4 saturated carbocycles. The fourth-order valence-electron chi connectivity index (χ4n) is 16.6. The van der Waals surface area contributed by atoms with Gasteiger partial charge in [-0.25, -0.2) is 0 Å². The molecule has 18 N–H and O–H groups in total. The van der Waals surface area contributed by atoms with Crippen molar-refractivity contribution in [2.45, 2.75) is 269 Å². The van der Waals surface area contributed by atoms with Crippen LogP contribution in [0.2, 0.25) is 0 Å². The van der Waals surface area contributed by atoms with E-state index in [9.17, 15) is 91.9 Å². The summed E-state index contributed by atoms with van der Waals surface area (Å²) in [4.78, 5) is 15.5. The highest BCUT2D eigenvalue weighted by Gasteiger charge is 2.70. The van der Waals surface area contributed by atoms with Gasteiger partial charge in [-0.1, -0.05) is 26.8 Å². The van der Waals surface area contributed by atoms with Gasteiger partial charge in [-0.05, 0) is 93.5 Å². The quantitative estimate of drug-likeness (QED) is 0.0365. The summed E-state index contributed by atoms with van der Waals surface area (Å²) in [7, 11) is 0. The molecule has 0 aromatic rings. The number of esters is 1. The van der Waals surface area contributed by atoms with E-state index in [0.29, 0.717) is 63.4 Å². The van der Waals surface area contributed by atoms with Crippen molar-refractivity contribution in [1.82, 2.24) is 0 Å². The van der Waals surface area contributed by atoms with Gasteiger partial charge in [0.05, 0.1) is 56.3 Å². The number of hydrogen-bond donors (Lipinski definition) is 18. The molecule has 1 spiro atoms. The van der Waals surface area contributed by atoms with Crippen molar-refractivity contribution in [3.63, 3.8) is 0 Å². The minimum absolute atomic E-state index is 0.0760. The van der Waals surface area contributed by atoms with E-state index in [1.54, 1.807) is 20.8 Å². The van der Waals surface area contributed by atoms with Gasteiger partial charge in [0, 0.05) is 5.92 Å². The van der Waals surface area contributed by atoms with E-state index in [1.165, 1.54) is 0 Å². The number of hydrogen-bond acceptors (Lipinski definition) is 31. The van der Waals surface area contributed by atoms with Crippen molar-refractivity contribution in [2.24, 2.45) is 34.0 Å². The van der Waals surface area contributed by atoms with Gasteiger partial charge in [0.2, 0.25) is 6.29 Å². The van der Waals surface area contributed by atoms with Crippen molar-refractivity contribution in [3.05, 3.63) is 12.2 Å². The molecule has 31 unspecified atom stereocenters. The molecule has 4 aliphatic carbocycles. The lowest BCUT2D eigenvalue weighted by Crippen LogP contribution is -2.67. The number of aliphatic hydroxyl groups excluding tert-OH is 18. The summed E-state index contributed by atoms with van der Waals surface area (Å²) in [5.74, 6) is -2.00. The average molecular weight is 1270 g/mol.